The van der Waals surface area contributed by atoms with Gasteiger partial charge < -0.3 is 14.0 Å². The number of esters is 1. The zero-order chi connectivity index (χ0) is 23.2. The van der Waals surface area contributed by atoms with Gasteiger partial charge in [-0.25, -0.2) is 0 Å². The highest BCUT2D eigenvalue weighted by Crippen LogP contribution is 2.16. The summed E-state index contributed by atoms with van der Waals surface area (Å²) >= 11 is 0. The van der Waals surface area contributed by atoms with Crippen molar-refractivity contribution in [3.8, 4) is 5.75 Å². The summed E-state index contributed by atoms with van der Waals surface area (Å²) in [6.07, 6.45) is 8.97. The van der Waals surface area contributed by atoms with Crippen LogP contribution in [0.2, 0.25) is 0 Å². The second-order valence-corrected chi connectivity index (χ2v) is 9.55. The van der Waals surface area contributed by atoms with Gasteiger partial charge in [0.15, 0.2) is 0 Å². The molecule has 0 saturated carbocycles. The molecule has 2 rings (SSSR count). The molecule has 0 fully saturated rings. The van der Waals surface area contributed by atoms with Crippen LogP contribution < -0.4 is 4.74 Å². The Morgan fingerprint density at radius 2 is 1.53 bits per heavy atom. The summed E-state index contributed by atoms with van der Waals surface area (Å²) in [6.45, 7) is 5.70. The number of quaternary nitrogens is 1. The van der Waals surface area contributed by atoms with Crippen LogP contribution in [-0.2, 0) is 22.5 Å². The summed E-state index contributed by atoms with van der Waals surface area (Å²) in [6, 6.07) is 18.5. The number of nitrogens with zero attached hydrogens (tertiary/aromatic N) is 1. The van der Waals surface area contributed by atoms with Crippen LogP contribution in [0.25, 0.3) is 0 Å². The Balaban J connectivity index is 1.66. The van der Waals surface area contributed by atoms with Gasteiger partial charge in [-0.1, -0.05) is 81.5 Å². The number of rotatable bonds is 15. The van der Waals surface area contributed by atoms with E-state index in [0.29, 0.717) is 6.54 Å². The number of hydrogen-bond acceptors (Lipinski definition) is 3. The largest absolute Gasteiger partial charge is 0.457 e. The van der Waals surface area contributed by atoms with Gasteiger partial charge in [-0.3, -0.25) is 4.79 Å². The fourth-order valence-corrected chi connectivity index (χ4v) is 4.12. The molecule has 0 amide bonds. The summed E-state index contributed by atoms with van der Waals surface area (Å²) in [7, 11) is 4.28. The molecule has 0 spiro atoms. The molecule has 2 aromatic rings. The number of unbranched alkanes of at least 4 members (excludes halogenated alkanes) is 5. The molecular weight excluding hydrogens is 398 g/mol. The van der Waals surface area contributed by atoms with Gasteiger partial charge in [-0.2, -0.15) is 0 Å². The van der Waals surface area contributed by atoms with E-state index in [9.17, 15) is 4.79 Å². The van der Waals surface area contributed by atoms with E-state index in [4.69, 9.17) is 9.47 Å². The minimum Gasteiger partial charge on any atom is -0.457 e. The molecule has 2 aromatic carbocycles. The maximum absolute atomic E-state index is 12.4. The molecule has 4 heteroatoms. The van der Waals surface area contributed by atoms with Crippen molar-refractivity contribution in [2.45, 2.75) is 65.3 Å². The van der Waals surface area contributed by atoms with Gasteiger partial charge in [0, 0.05) is 5.56 Å². The highest BCUT2D eigenvalue weighted by molar-refractivity contribution is 5.72. The van der Waals surface area contributed by atoms with Crippen molar-refractivity contribution in [2.75, 3.05) is 27.4 Å². The van der Waals surface area contributed by atoms with E-state index in [-0.39, 0.29) is 18.7 Å². The molecular formula is C28H42NO3+. The van der Waals surface area contributed by atoms with Crippen LogP contribution in [0.5, 0.6) is 5.75 Å². The number of carbonyl (C=O) groups is 1. The van der Waals surface area contributed by atoms with Crippen molar-refractivity contribution in [3.63, 3.8) is 0 Å². The number of hydrogen-bond donors (Lipinski definition) is 0. The molecule has 0 aliphatic rings. The molecule has 1 atom stereocenters. The predicted octanol–water partition coefficient (Wildman–Crippen LogP) is 6.38. The van der Waals surface area contributed by atoms with Gasteiger partial charge >= 0.3 is 5.97 Å². The lowest BCUT2D eigenvalue weighted by Gasteiger charge is -2.31. The zero-order valence-corrected chi connectivity index (χ0v) is 20.5. The van der Waals surface area contributed by atoms with Gasteiger partial charge in [0.2, 0.25) is 6.79 Å². The predicted molar refractivity (Wildman–Crippen MR) is 131 cm³/mol. The zero-order valence-electron chi connectivity index (χ0n) is 20.5. The van der Waals surface area contributed by atoms with Crippen LogP contribution >= 0.6 is 0 Å². The summed E-state index contributed by atoms with van der Waals surface area (Å²) in [5, 5.41) is 0. The van der Waals surface area contributed by atoms with Crippen LogP contribution in [0.4, 0.5) is 0 Å². The smallest absolute Gasteiger partial charge is 0.317 e. The number of ether oxygens (including phenoxy) is 2. The number of carbonyl (C=O) groups excluding carboxylic acids is 1. The Labute approximate surface area is 195 Å². The molecule has 32 heavy (non-hydrogen) atoms. The standard InChI is InChI=1S/C28H42NO3/c1-5-6-7-8-9-11-14-25-17-19-27(20-18-25)31-23-32-28(30)24(2)21-29(3,4)22-26-15-12-10-13-16-26/h10,12-13,15-20,24H,5-9,11,14,21-23H2,1-4H3/q+1. The first-order valence-electron chi connectivity index (χ1n) is 12.1. The van der Waals surface area contributed by atoms with Crippen LogP contribution in [0.3, 0.4) is 0 Å². The van der Waals surface area contributed by atoms with Crippen molar-refractivity contribution in [1.82, 2.24) is 0 Å². The molecule has 0 radical (unpaired) electrons. The van der Waals surface area contributed by atoms with Gasteiger partial charge in [0.25, 0.3) is 0 Å². The van der Waals surface area contributed by atoms with E-state index in [1.54, 1.807) is 0 Å². The monoisotopic (exact) mass is 440 g/mol. The van der Waals surface area contributed by atoms with Gasteiger partial charge in [-0.05, 0) is 37.5 Å². The van der Waals surface area contributed by atoms with Crippen molar-refractivity contribution >= 4 is 5.97 Å². The normalized spacial score (nSPS) is 12.4. The Morgan fingerprint density at radius 3 is 2.22 bits per heavy atom. The Bertz CT molecular complexity index is 771. The first-order chi connectivity index (χ1) is 15.4. The molecule has 0 aromatic heterocycles. The highest BCUT2D eigenvalue weighted by Gasteiger charge is 2.25. The Hall–Kier alpha value is -2.33. The fourth-order valence-electron chi connectivity index (χ4n) is 4.12. The van der Waals surface area contributed by atoms with Crippen LogP contribution in [0.15, 0.2) is 54.6 Å². The van der Waals surface area contributed by atoms with Crippen molar-refractivity contribution in [2.24, 2.45) is 5.92 Å². The second-order valence-electron chi connectivity index (χ2n) is 9.55. The van der Waals surface area contributed by atoms with Crippen LogP contribution in [-0.4, -0.2) is 37.9 Å². The molecule has 4 nitrogen and oxygen atoms in total. The SMILES string of the molecule is CCCCCCCCc1ccc(OCOC(=O)C(C)C[N+](C)(C)Cc2ccccc2)cc1. The fraction of sp³-hybridized carbons (Fsp3) is 0.536. The first-order valence-corrected chi connectivity index (χ1v) is 12.1. The van der Waals surface area contributed by atoms with E-state index in [1.165, 1.54) is 49.7 Å². The van der Waals surface area contributed by atoms with Gasteiger partial charge in [0.05, 0.1) is 20.6 Å². The maximum Gasteiger partial charge on any atom is 0.317 e. The summed E-state index contributed by atoms with van der Waals surface area (Å²) in [5.41, 5.74) is 2.60. The van der Waals surface area contributed by atoms with Gasteiger partial charge in [0.1, 0.15) is 18.2 Å². The van der Waals surface area contributed by atoms with Crippen molar-refractivity contribution in [3.05, 3.63) is 65.7 Å². The molecule has 0 bridgehead atoms. The highest BCUT2D eigenvalue weighted by atomic mass is 16.7. The number of benzene rings is 2. The Kier molecular flexibility index (Phi) is 11.3. The average molecular weight is 441 g/mol. The minimum absolute atomic E-state index is 0.0495. The van der Waals surface area contributed by atoms with Crippen LogP contribution in [0, 0.1) is 5.92 Å². The summed E-state index contributed by atoms with van der Waals surface area (Å²) < 4.78 is 11.7. The lowest BCUT2D eigenvalue weighted by molar-refractivity contribution is -0.905. The van der Waals surface area contributed by atoms with E-state index >= 15 is 0 Å². The third kappa shape index (κ3) is 10.3. The van der Waals surface area contributed by atoms with E-state index < -0.39 is 0 Å². The Morgan fingerprint density at radius 1 is 0.875 bits per heavy atom. The van der Waals surface area contributed by atoms with Crippen molar-refractivity contribution < 1.29 is 18.8 Å². The molecule has 0 aliphatic heterocycles. The summed E-state index contributed by atoms with van der Waals surface area (Å²) in [4.78, 5) is 12.4. The number of aryl methyl sites for hydroxylation is 1. The van der Waals surface area contributed by atoms with E-state index in [1.807, 2.05) is 37.3 Å². The molecule has 0 aliphatic carbocycles. The van der Waals surface area contributed by atoms with Crippen LogP contribution in [0.1, 0.15) is 63.5 Å². The third-order valence-electron chi connectivity index (χ3n) is 5.79. The third-order valence-corrected chi connectivity index (χ3v) is 5.79. The quantitative estimate of drug-likeness (QED) is 0.139. The average Bonchev–Trinajstić information content (AvgIpc) is 2.77. The lowest BCUT2D eigenvalue weighted by Crippen LogP contribution is -2.44. The second kappa shape index (κ2) is 13.9. The molecule has 0 saturated heterocycles. The summed E-state index contributed by atoms with van der Waals surface area (Å²) in [5.74, 6) is 0.318. The first kappa shape index (κ1) is 25.9. The van der Waals surface area contributed by atoms with Gasteiger partial charge in [-0.15, -0.1) is 0 Å². The molecule has 176 valence electrons. The molecule has 0 heterocycles. The molecule has 0 N–H and O–H groups in total. The van der Waals surface area contributed by atoms with Crippen molar-refractivity contribution in [1.29, 1.82) is 0 Å². The van der Waals surface area contributed by atoms with E-state index in [0.717, 1.165) is 23.2 Å². The lowest BCUT2D eigenvalue weighted by atomic mass is 10.1. The molecule has 1 unspecified atom stereocenters. The van der Waals surface area contributed by atoms with E-state index in [2.05, 4.69) is 45.3 Å². The topological polar surface area (TPSA) is 35.5 Å². The minimum atomic E-state index is -0.219. The maximum atomic E-state index is 12.4.